The number of pyridine rings is 1. The predicted molar refractivity (Wildman–Crippen MR) is 120 cm³/mol. The van der Waals surface area contributed by atoms with E-state index in [1.165, 1.54) is 11.1 Å². The van der Waals surface area contributed by atoms with E-state index in [2.05, 4.69) is 63.9 Å². The summed E-state index contributed by atoms with van der Waals surface area (Å²) in [5, 5.41) is 7.19. The van der Waals surface area contributed by atoms with Gasteiger partial charge in [-0.15, -0.1) is 24.0 Å². The molecular weight excluding hydrogens is 461 g/mol. The maximum Gasteiger partial charge on any atom is 0.191 e. The number of halogens is 2. The minimum absolute atomic E-state index is 0. The summed E-state index contributed by atoms with van der Waals surface area (Å²) in [7, 11) is 5.93. The number of guanidine groups is 1. The fourth-order valence-corrected chi connectivity index (χ4v) is 2.60. The van der Waals surface area contributed by atoms with Crippen molar-refractivity contribution >= 4 is 41.5 Å². The van der Waals surface area contributed by atoms with Gasteiger partial charge in [-0.05, 0) is 43.3 Å². The fraction of sp³-hybridized carbons (Fsp3) is 0.368. The minimum Gasteiger partial charge on any atom is -0.356 e. The SMILES string of the molecule is CN=C(NCCc1ccc(Cl)nc1)NCc1cccc(CN(C)C)c1.I. The lowest BCUT2D eigenvalue weighted by molar-refractivity contribution is 0.402. The van der Waals surface area contributed by atoms with E-state index in [0.29, 0.717) is 5.15 Å². The molecule has 5 nitrogen and oxygen atoms in total. The highest BCUT2D eigenvalue weighted by molar-refractivity contribution is 14.0. The number of benzene rings is 1. The van der Waals surface area contributed by atoms with Gasteiger partial charge < -0.3 is 15.5 Å². The third-order valence-electron chi connectivity index (χ3n) is 3.67. The van der Waals surface area contributed by atoms with Crippen LogP contribution in [0.1, 0.15) is 16.7 Å². The Kier molecular flexibility index (Phi) is 10.5. The largest absolute Gasteiger partial charge is 0.356 e. The van der Waals surface area contributed by atoms with E-state index in [1.54, 1.807) is 13.2 Å². The number of aliphatic imine (C=N–C) groups is 1. The topological polar surface area (TPSA) is 52.6 Å². The first-order valence-corrected chi connectivity index (χ1v) is 8.72. The molecule has 0 atom stereocenters. The Bertz CT molecular complexity index is 689. The van der Waals surface area contributed by atoms with Gasteiger partial charge in [0.05, 0.1) is 0 Å². The molecule has 0 fully saturated rings. The van der Waals surface area contributed by atoms with Crippen molar-refractivity contribution in [3.63, 3.8) is 0 Å². The zero-order valence-electron chi connectivity index (χ0n) is 15.5. The zero-order chi connectivity index (χ0) is 18.1. The summed E-state index contributed by atoms with van der Waals surface area (Å²) in [5.41, 5.74) is 3.69. The smallest absolute Gasteiger partial charge is 0.191 e. The van der Waals surface area contributed by atoms with Crippen LogP contribution < -0.4 is 10.6 Å². The highest BCUT2D eigenvalue weighted by Gasteiger charge is 2.01. The van der Waals surface area contributed by atoms with Crippen LogP contribution in [0.2, 0.25) is 5.15 Å². The van der Waals surface area contributed by atoms with Crippen LogP contribution in [0.15, 0.2) is 47.6 Å². The molecule has 0 aliphatic carbocycles. The normalized spacial score (nSPS) is 11.2. The van der Waals surface area contributed by atoms with E-state index in [1.807, 2.05) is 12.1 Å². The lowest BCUT2D eigenvalue weighted by Gasteiger charge is -2.14. The van der Waals surface area contributed by atoms with Gasteiger partial charge in [-0.2, -0.15) is 0 Å². The zero-order valence-corrected chi connectivity index (χ0v) is 18.6. The van der Waals surface area contributed by atoms with Gasteiger partial charge in [0.15, 0.2) is 5.96 Å². The quantitative estimate of drug-likeness (QED) is 0.272. The van der Waals surface area contributed by atoms with Gasteiger partial charge in [0.1, 0.15) is 5.15 Å². The van der Waals surface area contributed by atoms with E-state index in [9.17, 15) is 0 Å². The van der Waals surface area contributed by atoms with Crippen molar-refractivity contribution in [2.75, 3.05) is 27.7 Å². The van der Waals surface area contributed by atoms with E-state index < -0.39 is 0 Å². The summed E-state index contributed by atoms with van der Waals surface area (Å²) in [4.78, 5) is 10.5. The molecule has 0 aliphatic rings. The summed E-state index contributed by atoms with van der Waals surface area (Å²) in [6, 6.07) is 12.4. The van der Waals surface area contributed by atoms with Crippen molar-refractivity contribution in [2.24, 2.45) is 4.99 Å². The molecule has 142 valence electrons. The molecule has 0 unspecified atom stereocenters. The number of hydrogen-bond acceptors (Lipinski definition) is 3. The highest BCUT2D eigenvalue weighted by atomic mass is 127. The maximum atomic E-state index is 5.80. The van der Waals surface area contributed by atoms with E-state index in [-0.39, 0.29) is 24.0 Å². The van der Waals surface area contributed by atoms with Gasteiger partial charge in [0, 0.05) is 32.9 Å². The fourth-order valence-electron chi connectivity index (χ4n) is 2.49. The summed E-state index contributed by atoms with van der Waals surface area (Å²) in [5.74, 6) is 0.792. The molecule has 0 radical (unpaired) electrons. The van der Waals surface area contributed by atoms with Gasteiger partial charge in [-0.1, -0.05) is 41.9 Å². The molecule has 1 heterocycles. The first-order valence-electron chi connectivity index (χ1n) is 8.34. The molecular formula is C19H27ClIN5. The molecule has 2 N–H and O–H groups in total. The lowest BCUT2D eigenvalue weighted by Crippen LogP contribution is -2.37. The molecule has 1 aromatic carbocycles. The number of aromatic nitrogens is 1. The first-order chi connectivity index (χ1) is 12.1. The van der Waals surface area contributed by atoms with Gasteiger partial charge in [0.25, 0.3) is 0 Å². The summed E-state index contributed by atoms with van der Waals surface area (Å²) < 4.78 is 0. The molecule has 7 heteroatoms. The van der Waals surface area contributed by atoms with Crippen molar-refractivity contribution in [2.45, 2.75) is 19.5 Å². The van der Waals surface area contributed by atoms with Gasteiger partial charge in [-0.25, -0.2) is 4.98 Å². The van der Waals surface area contributed by atoms with Crippen LogP contribution in [-0.2, 0) is 19.5 Å². The van der Waals surface area contributed by atoms with Crippen LogP contribution in [-0.4, -0.2) is 43.5 Å². The lowest BCUT2D eigenvalue weighted by atomic mass is 10.1. The molecule has 0 spiro atoms. The maximum absolute atomic E-state index is 5.80. The Morgan fingerprint density at radius 3 is 2.54 bits per heavy atom. The van der Waals surface area contributed by atoms with Crippen molar-refractivity contribution in [1.29, 1.82) is 0 Å². The summed E-state index contributed by atoms with van der Waals surface area (Å²) >= 11 is 5.80. The van der Waals surface area contributed by atoms with Crippen molar-refractivity contribution in [1.82, 2.24) is 20.5 Å². The Morgan fingerprint density at radius 2 is 1.88 bits per heavy atom. The van der Waals surface area contributed by atoms with Gasteiger partial charge >= 0.3 is 0 Å². The van der Waals surface area contributed by atoms with Crippen LogP contribution in [0.25, 0.3) is 0 Å². The third-order valence-corrected chi connectivity index (χ3v) is 3.89. The average molecular weight is 488 g/mol. The van der Waals surface area contributed by atoms with E-state index in [4.69, 9.17) is 11.6 Å². The van der Waals surface area contributed by atoms with Crippen molar-refractivity contribution in [3.8, 4) is 0 Å². The summed E-state index contributed by atoms with van der Waals surface area (Å²) in [6.07, 6.45) is 2.67. The van der Waals surface area contributed by atoms with Crippen LogP contribution in [0.5, 0.6) is 0 Å². The predicted octanol–water partition coefficient (Wildman–Crippen LogP) is 3.32. The Hall–Kier alpha value is -1.38. The highest BCUT2D eigenvalue weighted by Crippen LogP contribution is 2.07. The molecule has 2 aromatic rings. The molecule has 26 heavy (non-hydrogen) atoms. The monoisotopic (exact) mass is 487 g/mol. The van der Waals surface area contributed by atoms with Gasteiger partial charge in [0.2, 0.25) is 0 Å². The number of hydrogen-bond donors (Lipinski definition) is 2. The van der Waals surface area contributed by atoms with E-state index >= 15 is 0 Å². The van der Waals surface area contributed by atoms with Crippen LogP contribution in [0, 0.1) is 0 Å². The van der Waals surface area contributed by atoms with E-state index in [0.717, 1.165) is 37.6 Å². The molecule has 0 aliphatic heterocycles. The second kappa shape index (κ2) is 12.1. The number of nitrogens with zero attached hydrogens (tertiary/aromatic N) is 3. The molecule has 0 amide bonds. The second-order valence-electron chi connectivity index (χ2n) is 6.15. The molecule has 1 aromatic heterocycles. The van der Waals surface area contributed by atoms with Crippen LogP contribution in [0.4, 0.5) is 0 Å². The van der Waals surface area contributed by atoms with Crippen LogP contribution >= 0.6 is 35.6 Å². The third kappa shape index (κ3) is 8.33. The molecule has 2 rings (SSSR count). The Morgan fingerprint density at radius 1 is 1.12 bits per heavy atom. The average Bonchev–Trinajstić information content (AvgIpc) is 2.59. The standard InChI is InChI=1S/C19H26ClN5.HI/c1-21-19(22-10-9-15-7-8-18(20)23-12-15)24-13-16-5-4-6-17(11-16)14-25(2)3;/h4-8,11-12H,9-10,13-14H2,1-3H3,(H2,21,22,24);1H. The minimum atomic E-state index is 0. The van der Waals surface area contributed by atoms with Gasteiger partial charge in [-0.3, -0.25) is 4.99 Å². The number of nitrogens with one attached hydrogen (secondary N) is 2. The molecule has 0 saturated carbocycles. The van der Waals surface area contributed by atoms with Crippen molar-refractivity contribution < 1.29 is 0 Å². The molecule has 0 bridgehead atoms. The Balaban J connectivity index is 0.00000338. The van der Waals surface area contributed by atoms with Crippen molar-refractivity contribution in [3.05, 3.63) is 64.4 Å². The van der Waals surface area contributed by atoms with Crippen LogP contribution in [0.3, 0.4) is 0 Å². The Labute approximate surface area is 178 Å². The number of rotatable bonds is 7. The molecule has 0 saturated heterocycles. The first kappa shape index (κ1) is 22.7. The second-order valence-corrected chi connectivity index (χ2v) is 6.54. The summed E-state index contributed by atoms with van der Waals surface area (Å²) in [6.45, 7) is 2.46.